The predicted molar refractivity (Wildman–Crippen MR) is 134 cm³/mol. The highest BCUT2D eigenvalue weighted by atomic mass is 16.7. The summed E-state index contributed by atoms with van der Waals surface area (Å²) in [5.74, 6) is 1.94. The summed E-state index contributed by atoms with van der Waals surface area (Å²) in [7, 11) is 0. The highest BCUT2D eigenvalue weighted by Crippen LogP contribution is 2.46. The van der Waals surface area contributed by atoms with Crippen LogP contribution in [0.5, 0.6) is 17.2 Å². The lowest BCUT2D eigenvalue weighted by atomic mass is 10.1. The molecule has 200 valence electrons. The van der Waals surface area contributed by atoms with E-state index in [1.54, 1.807) is 17.3 Å². The van der Waals surface area contributed by atoms with Crippen LogP contribution in [0.1, 0.15) is 30.1 Å². The van der Waals surface area contributed by atoms with Crippen molar-refractivity contribution in [2.75, 3.05) is 39.6 Å². The molecule has 1 aliphatic carbocycles. The summed E-state index contributed by atoms with van der Waals surface area (Å²) in [5.41, 5.74) is 1.99. The average Bonchev–Trinajstić information content (AvgIpc) is 3.47. The number of aliphatic hydroxyl groups is 1. The molecular formula is C26H29N5O7. The van der Waals surface area contributed by atoms with Crippen molar-refractivity contribution in [3.63, 3.8) is 0 Å². The van der Waals surface area contributed by atoms with Crippen molar-refractivity contribution >= 4 is 22.8 Å². The first-order chi connectivity index (χ1) is 18.5. The van der Waals surface area contributed by atoms with E-state index in [2.05, 4.69) is 15.3 Å². The van der Waals surface area contributed by atoms with Crippen molar-refractivity contribution in [1.29, 1.82) is 0 Å². The van der Waals surface area contributed by atoms with Crippen molar-refractivity contribution in [3.8, 4) is 28.6 Å². The van der Waals surface area contributed by atoms with Crippen molar-refractivity contribution in [3.05, 3.63) is 30.1 Å². The number of hydrogen-bond donors (Lipinski definition) is 3. The third-order valence-corrected chi connectivity index (χ3v) is 6.85. The van der Waals surface area contributed by atoms with E-state index in [0.29, 0.717) is 70.9 Å². The molecular weight excluding hydrogens is 494 g/mol. The van der Waals surface area contributed by atoms with Crippen LogP contribution in [-0.2, 0) is 9.53 Å². The van der Waals surface area contributed by atoms with Gasteiger partial charge in [-0.1, -0.05) is 0 Å². The highest BCUT2D eigenvalue weighted by Gasteiger charge is 2.29. The Morgan fingerprint density at radius 3 is 3.00 bits per heavy atom. The molecule has 1 unspecified atom stereocenters. The molecule has 2 fully saturated rings. The molecule has 12 heteroatoms. The van der Waals surface area contributed by atoms with Crippen molar-refractivity contribution in [2.24, 2.45) is 5.92 Å². The maximum Gasteiger partial charge on any atom is 0.255 e. The SMILES string of the molecule is C[C@H](O)C(=O)N1CCOC(CNC(=O)c2c[nH]c3cnc(-c4c(OCC5CC5)ccc5c4OCO5)nc23)C1. The first kappa shape index (κ1) is 24.4. The Bertz CT molecular complexity index is 1370. The van der Waals surface area contributed by atoms with Gasteiger partial charge >= 0.3 is 0 Å². The summed E-state index contributed by atoms with van der Waals surface area (Å²) < 4.78 is 23.1. The fourth-order valence-corrected chi connectivity index (χ4v) is 4.59. The number of hydrogen-bond acceptors (Lipinski definition) is 9. The summed E-state index contributed by atoms with van der Waals surface area (Å²) in [4.78, 5) is 39.1. The van der Waals surface area contributed by atoms with E-state index in [4.69, 9.17) is 23.9 Å². The zero-order valence-corrected chi connectivity index (χ0v) is 20.9. The van der Waals surface area contributed by atoms with Crippen LogP contribution in [0.15, 0.2) is 24.5 Å². The number of aromatic amines is 1. The first-order valence-electron chi connectivity index (χ1n) is 12.7. The lowest BCUT2D eigenvalue weighted by Gasteiger charge is -2.33. The second kappa shape index (κ2) is 10.1. The molecule has 6 rings (SSSR count). The van der Waals surface area contributed by atoms with Gasteiger partial charge in [0.15, 0.2) is 17.3 Å². The number of nitrogens with one attached hydrogen (secondary N) is 2. The first-order valence-corrected chi connectivity index (χ1v) is 12.7. The summed E-state index contributed by atoms with van der Waals surface area (Å²) in [5, 5.41) is 12.5. The molecule has 1 aromatic carbocycles. The minimum atomic E-state index is -1.08. The summed E-state index contributed by atoms with van der Waals surface area (Å²) >= 11 is 0. The number of benzene rings is 1. The number of carbonyl (C=O) groups is 2. The van der Waals surface area contributed by atoms with Crippen LogP contribution >= 0.6 is 0 Å². The Kier molecular flexibility index (Phi) is 6.50. The Balaban J connectivity index is 1.22. The summed E-state index contributed by atoms with van der Waals surface area (Å²) in [6.07, 6.45) is 4.06. The largest absolute Gasteiger partial charge is 0.492 e. The molecule has 1 saturated heterocycles. The van der Waals surface area contributed by atoms with Gasteiger partial charge in [-0.3, -0.25) is 9.59 Å². The maximum absolute atomic E-state index is 13.1. The molecule has 12 nitrogen and oxygen atoms in total. The van der Waals surface area contributed by atoms with Crippen molar-refractivity contribution < 1.29 is 33.6 Å². The number of morpholine rings is 1. The lowest BCUT2D eigenvalue weighted by molar-refractivity contribution is -0.146. The standard InChI is InChI=1S/C26H29N5O7/c1-14(32)26(34)31-6-7-35-16(11-31)8-29-25(33)17-9-27-18-10-28-24(30-22(17)18)21-19(36-12-15-2-3-15)4-5-20-23(21)38-13-37-20/h4-5,9-10,14-16,27,32H,2-3,6-8,11-13H2,1H3,(H,29,33)/t14-,16?/m0/s1. The normalized spacial score (nSPS) is 19.4. The second-order valence-corrected chi connectivity index (χ2v) is 9.75. The number of H-pyrrole nitrogens is 1. The molecule has 38 heavy (non-hydrogen) atoms. The Hall–Kier alpha value is -3.90. The van der Waals surface area contributed by atoms with Gasteiger partial charge < -0.3 is 39.3 Å². The molecule has 4 heterocycles. The fraction of sp³-hybridized carbons (Fsp3) is 0.462. The Morgan fingerprint density at radius 1 is 1.32 bits per heavy atom. The van der Waals surface area contributed by atoms with Gasteiger partial charge in [-0.15, -0.1) is 0 Å². The number of ether oxygens (including phenoxy) is 4. The molecule has 2 aliphatic heterocycles. The number of nitrogens with zero attached hydrogens (tertiary/aromatic N) is 3. The molecule has 0 radical (unpaired) electrons. The van der Waals surface area contributed by atoms with Crippen molar-refractivity contribution in [2.45, 2.75) is 32.0 Å². The van der Waals surface area contributed by atoms with Gasteiger partial charge in [0.05, 0.1) is 36.6 Å². The van der Waals surface area contributed by atoms with E-state index < -0.39 is 6.10 Å². The van der Waals surface area contributed by atoms with Gasteiger partial charge in [0.1, 0.15) is 22.9 Å². The molecule has 3 aromatic rings. The van der Waals surface area contributed by atoms with E-state index >= 15 is 0 Å². The third-order valence-electron chi connectivity index (χ3n) is 6.85. The van der Waals surface area contributed by atoms with Crippen LogP contribution in [0, 0.1) is 5.92 Å². The van der Waals surface area contributed by atoms with Gasteiger partial charge in [-0.25, -0.2) is 9.97 Å². The quantitative estimate of drug-likeness (QED) is 0.399. The minimum Gasteiger partial charge on any atom is -0.492 e. The predicted octanol–water partition coefficient (Wildman–Crippen LogP) is 1.48. The van der Waals surface area contributed by atoms with E-state index in [-0.39, 0.29) is 37.8 Å². The van der Waals surface area contributed by atoms with Gasteiger partial charge in [-0.2, -0.15) is 0 Å². The second-order valence-electron chi connectivity index (χ2n) is 9.75. The van der Waals surface area contributed by atoms with Crippen LogP contribution in [0.25, 0.3) is 22.4 Å². The molecule has 2 aromatic heterocycles. The number of aromatic nitrogens is 3. The van der Waals surface area contributed by atoms with Crippen LogP contribution in [0.3, 0.4) is 0 Å². The maximum atomic E-state index is 13.1. The zero-order valence-electron chi connectivity index (χ0n) is 20.9. The number of amides is 2. The topological polar surface area (TPSA) is 148 Å². The monoisotopic (exact) mass is 523 g/mol. The summed E-state index contributed by atoms with van der Waals surface area (Å²) in [6, 6.07) is 3.64. The smallest absolute Gasteiger partial charge is 0.255 e. The molecule has 2 atom stereocenters. The minimum absolute atomic E-state index is 0.0952. The van der Waals surface area contributed by atoms with Gasteiger partial charge in [-0.05, 0) is 37.8 Å². The lowest BCUT2D eigenvalue weighted by Crippen LogP contribution is -2.51. The van der Waals surface area contributed by atoms with Gasteiger partial charge in [0.2, 0.25) is 6.79 Å². The molecule has 1 saturated carbocycles. The number of rotatable bonds is 8. The van der Waals surface area contributed by atoms with Crippen LogP contribution in [0.4, 0.5) is 0 Å². The Morgan fingerprint density at radius 2 is 2.18 bits per heavy atom. The van der Waals surface area contributed by atoms with E-state index in [1.807, 2.05) is 12.1 Å². The van der Waals surface area contributed by atoms with Crippen LogP contribution in [-0.4, -0.2) is 88.6 Å². The Labute approximate surface area is 218 Å². The fourth-order valence-electron chi connectivity index (χ4n) is 4.59. The van der Waals surface area contributed by atoms with Crippen LogP contribution < -0.4 is 19.5 Å². The van der Waals surface area contributed by atoms with Gasteiger partial charge in [0.25, 0.3) is 11.8 Å². The molecule has 0 bridgehead atoms. The number of aliphatic hydroxyl groups excluding tert-OH is 1. The zero-order chi connectivity index (χ0) is 26.2. The molecule has 3 aliphatic rings. The van der Waals surface area contributed by atoms with Crippen LogP contribution in [0.2, 0.25) is 0 Å². The molecule has 0 spiro atoms. The number of carbonyl (C=O) groups excluding carboxylic acids is 2. The highest BCUT2D eigenvalue weighted by molar-refractivity contribution is 6.05. The number of fused-ring (bicyclic) bond motifs is 2. The molecule has 2 amide bonds. The average molecular weight is 524 g/mol. The van der Waals surface area contributed by atoms with E-state index in [0.717, 1.165) is 12.8 Å². The van der Waals surface area contributed by atoms with Gasteiger partial charge in [0, 0.05) is 25.8 Å². The van der Waals surface area contributed by atoms with E-state index in [9.17, 15) is 14.7 Å². The third kappa shape index (κ3) is 4.84. The summed E-state index contributed by atoms with van der Waals surface area (Å²) in [6.45, 7) is 3.36. The molecule has 3 N–H and O–H groups in total. The van der Waals surface area contributed by atoms with E-state index in [1.165, 1.54) is 6.92 Å². The van der Waals surface area contributed by atoms with Crippen molar-refractivity contribution in [1.82, 2.24) is 25.2 Å².